The zero-order chi connectivity index (χ0) is 33.7. The molecule has 0 spiro atoms. The van der Waals surface area contributed by atoms with E-state index in [9.17, 15) is 39.6 Å². The molecule has 4 unspecified atom stereocenters. The molecule has 0 amide bonds. The highest BCUT2D eigenvalue weighted by molar-refractivity contribution is 5.80. The Morgan fingerprint density at radius 2 is 0.600 bits per heavy atom. The number of rotatable bonds is 34. The van der Waals surface area contributed by atoms with Gasteiger partial charge < -0.3 is 20.4 Å². The summed E-state index contributed by atoms with van der Waals surface area (Å²) >= 11 is 0. The van der Waals surface area contributed by atoms with Crippen molar-refractivity contribution in [1.29, 1.82) is 0 Å². The Labute approximate surface area is 274 Å². The van der Waals surface area contributed by atoms with Crippen molar-refractivity contribution in [3.8, 4) is 0 Å². The highest BCUT2D eigenvalue weighted by atomic mass is 16.3. The number of unbranched alkanes of at least 4 members (excludes halogenated alkanes) is 10. The lowest BCUT2D eigenvalue weighted by Crippen LogP contribution is -2.16. The summed E-state index contributed by atoms with van der Waals surface area (Å²) in [7, 11) is 0. The van der Waals surface area contributed by atoms with E-state index in [2.05, 4.69) is 13.8 Å². The highest BCUT2D eigenvalue weighted by Crippen LogP contribution is 2.16. The molecule has 0 radical (unpaired) electrons. The molecule has 45 heavy (non-hydrogen) atoms. The van der Waals surface area contributed by atoms with Crippen molar-refractivity contribution in [2.24, 2.45) is 0 Å². The standard InChI is InChI=1S/C37H68O8/c1-3-5-12-18-30(38)26-34(42)22-16-24-36(44)28-32(40)20-14-10-8-7-9-11-15-21-33(41)29-37(45)25-17-23-35(43)27-31(39)19-13-6-4-2/h30-31,36-39,44-45H,3-29H2,1-2H3. The number of hydrogen-bond acceptors (Lipinski definition) is 8. The van der Waals surface area contributed by atoms with Crippen molar-refractivity contribution in [2.75, 3.05) is 0 Å². The normalized spacial score (nSPS) is 14.2. The third-order valence-electron chi connectivity index (χ3n) is 8.53. The van der Waals surface area contributed by atoms with Crippen molar-refractivity contribution < 1.29 is 39.6 Å². The maximum Gasteiger partial charge on any atom is 0.135 e. The van der Waals surface area contributed by atoms with E-state index in [0.29, 0.717) is 64.2 Å². The predicted molar refractivity (Wildman–Crippen MR) is 180 cm³/mol. The molecule has 0 rings (SSSR count). The van der Waals surface area contributed by atoms with E-state index in [1.165, 1.54) is 0 Å². The molecule has 0 aromatic heterocycles. The molecule has 0 saturated carbocycles. The molecule has 4 atom stereocenters. The van der Waals surface area contributed by atoms with Gasteiger partial charge in [-0.25, -0.2) is 0 Å². The molecule has 0 aliphatic heterocycles. The van der Waals surface area contributed by atoms with Gasteiger partial charge in [0, 0.05) is 51.4 Å². The summed E-state index contributed by atoms with van der Waals surface area (Å²) in [6.45, 7) is 4.20. The molecule has 0 aliphatic carbocycles. The van der Waals surface area contributed by atoms with Crippen molar-refractivity contribution in [3.63, 3.8) is 0 Å². The number of hydrogen-bond donors (Lipinski definition) is 4. The predicted octanol–water partition coefficient (Wildman–Crippen LogP) is 7.28. The van der Waals surface area contributed by atoms with Crippen LogP contribution in [0.4, 0.5) is 0 Å². The summed E-state index contributed by atoms with van der Waals surface area (Å²) in [5.74, 6) is 0.157. The van der Waals surface area contributed by atoms with Crippen LogP contribution in [0.2, 0.25) is 0 Å². The summed E-state index contributed by atoms with van der Waals surface area (Å²) in [6.07, 6.45) is 15.7. The zero-order valence-corrected chi connectivity index (χ0v) is 28.8. The SMILES string of the molecule is CCCCCC(O)CC(=O)CCCC(O)CC(=O)CCCCCCCCCC(=O)CC(O)CCCC(=O)CC(O)CCCCC. The van der Waals surface area contributed by atoms with Gasteiger partial charge in [-0.2, -0.15) is 0 Å². The summed E-state index contributed by atoms with van der Waals surface area (Å²) in [4.78, 5) is 48.3. The Balaban J connectivity index is 3.68. The van der Waals surface area contributed by atoms with E-state index >= 15 is 0 Å². The summed E-state index contributed by atoms with van der Waals surface area (Å²) in [5.41, 5.74) is 0. The van der Waals surface area contributed by atoms with Crippen molar-refractivity contribution in [1.82, 2.24) is 0 Å². The van der Waals surface area contributed by atoms with Crippen LogP contribution in [0.3, 0.4) is 0 Å². The third kappa shape index (κ3) is 29.7. The van der Waals surface area contributed by atoms with E-state index < -0.39 is 24.4 Å². The Bertz CT molecular complexity index is 706. The van der Waals surface area contributed by atoms with Crippen molar-refractivity contribution in [3.05, 3.63) is 0 Å². The first-order valence-corrected chi connectivity index (χ1v) is 18.4. The molecule has 0 aromatic carbocycles. The van der Waals surface area contributed by atoms with Gasteiger partial charge in [0.15, 0.2) is 0 Å². The fraction of sp³-hybridized carbons (Fsp3) is 0.892. The number of carbonyl (C=O) groups is 4. The minimum atomic E-state index is -0.710. The van der Waals surface area contributed by atoms with Gasteiger partial charge in [-0.05, 0) is 51.4 Å². The van der Waals surface area contributed by atoms with E-state index in [1.54, 1.807) is 0 Å². The van der Waals surface area contributed by atoms with Crippen LogP contribution in [-0.2, 0) is 19.2 Å². The summed E-state index contributed by atoms with van der Waals surface area (Å²) < 4.78 is 0. The molecule has 0 heterocycles. The quantitative estimate of drug-likeness (QED) is 0.0536. The minimum Gasteiger partial charge on any atom is -0.393 e. The number of Topliss-reactive ketones (excluding diaryl/α,β-unsaturated/α-hetero) is 4. The molecule has 0 saturated heterocycles. The Hall–Kier alpha value is -1.48. The van der Waals surface area contributed by atoms with Gasteiger partial charge in [-0.1, -0.05) is 84.5 Å². The van der Waals surface area contributed by atoms with E-state index in [1.807, 2.05) is 0 Å². The fourth-order valence-corrected chi connectivity index (χ4v) is 5.73. The average molecular weight is 641 g/mol. The number of aliphatic hydroxyl groups excluding tert-OH is 4. The first-order chi connectivity index (χ1) is 21.6. The maximum absolute atomic E-state index is 12.2. The van der Waals surface area contributed by atoms with Crippen molar-refractivity contribution in [2.45, 2.75) is 212 Å². The topological polar surface area (TPSA) is 149 Å². The van der Waals surface area contributed by atoms with E-state index in [0.717, 1.165) is 83.5 Å². The zero-order valence-electron chi connectivity index (χ0n) is 28.8. The Morgan fingerprint density at radius 1 is 0.356 bits per heavy atom. The number of ketones is 4. The van der Waals surface area contributed by atoms with Gasteiger partial charge in [-0.15, -0.1) is 0 Å². The molecule has 0 aromatic rings. The van der Waals surface area contributed by atoms with Crippen LogP contribution in [0.15, 0.2) is 0 Å². The smallest absolute Gasteiger partial charge is 0.135 e. The first-order valence-electron chi connectivity index (χ1n) is 18.4. The molecule has 8 heteroatoms. The van der Waals surface area contributed by atoms with Gasteiger partial charge in [0.1, 0.15) is 23.1 Å². The lowest BCUT2D eigenvalue weighted by molar-refractivity contribution is -0.122. The fourth-order valence-electron chi connectivity index (χ4n) is 5.73. The van der Waals surface area contributed by atoms with Crippen molar-refractivity contribution >= 4 is 23.1 Å². The molecule has 264 valence electrons. The monoisotopic (exact) mass is 640 g/mol. The van der Waals surface area contributed by atoms with Crippen LogP contribution in [0.5, 0.6) is 0 Å². The Morgan fingerprint density at radius 3 is 0.889 bits per heavy atom. The molecule has 0 bridgehead atoms. The molecular weight excluding hydrogens is 572 g/mol. The third-order valence-corrected chi connectivity index (χ3v) is 8.53. The van der Waals surface area contributed by atoms with Crippen LogP contribution in [-0.4, -0.2) is 68.0 Å². The number of aliphatic hydroxyl groups is 4. The van der Waals surface area contributed by atoms with Gasteiger partial charge >= 0.3 is 0 Å². The van der Waals surface area contributed by atoms with Gasteiger partial charge in [-0.3, -0.25) is 19.2 Å². The summed E-state index contributed by atoms with van der Waals surface area (Å²) in [5, 5.41) is 40.1. The molecule has 4 N–H and O–H groups in total. The number of carbonyl (C=O) groups excluding carboxylic acids is 4. The van der Waals surface area contributed by atoms with Crippen LogP contribution in [0, 0.1) is 0 Å². The van der Waals surface area contributed by atoms with Crippen LogP contribution >= 0.6 is 0 Å². The van der Waals surface area contributed by atoms with Gasteiger partial charge in [0.25, 0.3) is 0 Å². The van der Waals surface area contributed by atoms with Gasteiger partial charge in [0.2, 0.25) is 0 Å². The van der Waals surface area contributed by atoms with Crippen LogP contribution < -0.4 is 0 Å². The average Bonchev–Trinajstić information content (AvgIpc) is 2.96. The summed E-state index contributed by atoms with van der Waals surface area (Å²) in [6, 6.07) is 0. The molecule has 0 aliphatic rings. The van der Waals surface area contributed by atoms with Gasteiger partial charge in [0.05, 0.1) is 24.4 Å². The molecule has 0 fully saturated rings. The minimum absolute atomic E-state index is 0.0190. The largest absolute Gasteiger partial charge is 0.393 e. The van der Waals surface area contributed by atoms with Crippen LogP contribution in [0.25, 0.3) is 0 Å². The van der Waals surface area contributed by atoms with E-state index in [-0.39, 0.29) is 48.8 Å². The molecular formula is C37H68O8. The lowest BCUT2D eigenvalue weighted by Gasteiger charge is -2.11. The lowest BCUT2D eigenvalue weighted by atomic mass is 9.99. The van der Waals surface area contributed by atoms with Crippen LogP contribution in [0.1, 0.15) is 187 Å². The van der Waals surface area contributed by atoms with E-state index in [4.69, 9.17) is 0 Å². The maximum atomic E-state index is 12.2. The highest BCUT2D eigenvalue weighted by Gasteiger charge is 2.15. The molecule has 8 nitrogen and oxygen atoms in total. The second-order valence-corrected chi connectivity index (χ2v) is 13.3. The second kappa shape index (κ2) is 29.9. The Kier molecular flexibility index (Phi) is 28.9. The second-order valence-electron chi connectivity index (χ2n) is 13.3. The first kappa shape index (κ1) is 43.5.